The molecule has 0 spiro atoms. The van der Waals surface area contributed by atoms with E-state index in [-0.39, 0.29) is 11.8 Å². The Kier molecular flexibility index (Phi) is 6.57. The molecule has 2 aromatic rings. The number of amides is 2. The minimum Gasteiger partial charge on any atom is -0.497 e. The van der Waals surface area contributed by atoms with E-state index >= 15 is 0 Å². The molecule has 1 fully saturated rings. The number of hydrogen-bond acceptors (Lipinski definition) is 6. The van der Waals surface area contributed by atoms with E-state index in [0.717, 1.165) is 37.2 Å². The van der Waals surface area contributed by atoms with Gasteiger partial charge in [0.2, 0.25) is 11.8 Å². The van der Waals surface area contributed by atoms with E-state index < -0.39 is 6.04 Å². The smallest absolute Gasteiger partial charge is 0.245 e. The number of benzene rings is 1. The van der Waals surface area contributed by atoms with Gasteiger partial charge in [0.25, 0.3) is 0 Å². The van der Waals surface area contributed by atoms with Gasteiger partial charge < -0.3 is 15.0 Å². The maximum absolute atomic E-state index is 12.9. The van der Waals surface area contributed by atoms with Crippen LogP contribution in [0.3, 0.4) is 0 Å². The SMILES string of the molecule is COc1cccc(C[C@H](C(=O)NCCC(=O)N2CCCC2)n2nnnc2C)c1. The third-order valence-corrected chi connectivity index (χ3v) is 4.92. The highest BCUT2D eigenvalue weighted by atomic mass is 16.5. The summed E-state index contributed by atoms with van der Waals surface area (Å²) in [5.41, 5.74) is 0.933. The first-order valence-corrected chi connectivity index (χ1v) is 9.51. The minimum absolute atomic E-state index is 0.0840. The Bertz CT molecular complexity index is 816. The average molecular weight is 386 g/mol. The van der Waals surface area contributed by atoms with Gasteiger partial charge in [-0.05, 0) is 47.9 Å². The number of tetrazole rings is 1. The Morgan fingerprint density at radius 1 is 1.29 bits per heavy atom. The molecule has 150 valence electrons. The number of carbonyl (C=O) groups excluding carboxylic acids is 2. The van der Waals surface area contributed by atoms with Crippen molar-refractivity contribution in [3.05, 3.63) is 35.7 Å². The summed E-state index contributed by atoms with van der Waals surface area (Å²) in [6.45, 7) is 3.68. The molecule has 0 aliphatic carbocycles. The molecular formula is C19H26N6O3. The van der Waals surface area contributed by atoms with Crippen molar-refractivity contribution in [1.29, 1.82) is 0 Å². The number of likely N-dealkylation sites (tertiary alicyclic amines) is 1. The van der Waals surface area contributed by atoms with E-state index in [1.54, 1.807) is 14.0 Å². The molecule has 1 aliphatic rings. The second-order valence-electron chi connectivity index (χ2n) is 6.87. The number of aryl methyl sites for hydroxylation is 1. The fourth-order valence-corrected chi connectivity index (χ4v) is 3.37. The first kappa shape index (κ1) is 19.8. The second-order valence-corrected chi connectivity index (χ2v) is 6.87. The largest absolute Gasteiger partial charge is 0.497 e. The summed E-state index contributed by atoms with van der Waals surface area (Å²) in [5.74, 6) is 1.14. The molecule has 0 saturated carbocycles. The highest BCUT2D eigenvalue weighted by Gasteiger charge is 2.25. The van der Waals surface area contributed by atoms with Crippen molar-refractivity contribution in [2.75, 3.05) is 26.7 Å². The van der Waals surface area contributed by atoms with Gasteiger partial charge in [-0.25, -0.2) is 4.68 Å². The van der Waals surface area contributed by atoms with Crippen LogP contribution in [-0.4, -0.2) is 63.7 Å². The predicted octanol–water partition coefficient (Wildman–Crippen LogP) is 0.903. The van der Waals surface area contributed by atoms with Gasteiger partial charge in [-0.2, -0.15) is 0 Å². The molecule has 0 unspecified atom stereocenters. The van der Waals surface area contributed by atoms with Gasteiger partial charge in [-0.1, -0.05) is 12.1 Å². The van der Waals surface area contributed by atoms with Crippen LogP contribution in [-0.2, 0) is 16.0 Å². The van der Waals surface area contributed by atoms with Crippen molar-refractivity contribution in [2.24, 2.45) is 0 Å². The molecule has 9 heteroatoms. The number of rotatable bonds is 8. The van der Waals surface area contributed by atoms with Crippen LogP contribution in [0.2, 0.25) is 0 Å². The number of nitrogens with zero attached hydrogens (tertiary/aromatic N) is 5. The Morgan fingerprint density at radius 3 is 2.75 bits per heavy atom. The summed E-state index contributed by atoms with van der Waals surface area (Å²) in [6, 6.07) is 6.94. The maximum atomic E-state index is 12.9. The van der Waals surface area contributed by atoms with E-state index in [2.05, 4.69) is 20.8 Å². The third-order valence-electron chi connectivity index (χ3n) is 4.92. The standard InChI is InChI=1S/C19H26N6O3/c1-14-21-22-23-25(14)17(13-15-6-5-7-16(12-15)28-2)19(27)20-9-8-18(26)24-10-3-4-11-24/h5-7,12,17H,3-4,8-11,13H2,1-2H3,(H,20,27)/t17-/m1/s1. The van der Waals surface area contributed by atoms with Crippen LogP contribution in [0.5, 0.6) is 5.75 Å². The molecule has 1 saturated heterocycles. The van der Waals surface area contributed by atoms with Gasteiger partial charge in [-0.3, -0.25) is 9.59 Å². The zero-order valence-electron chi connectivity index (χ0n) is 16.3. The van der Waals surface area contributed by atoms with E-state index in [9.17, 15) is 9.59 Å². The number of methoxy groups -OCH3 is 1. The summed E-state index contributed by atoms with van der Waals surface area (Å²) in [6.07, 6.45) is 2.82. The predicted molar refractivity (Wildman–Crippen MR) is 102 cm³/mol. The summed E-state index contributed by atoms with van der Waals surface area (Å²) < 4.78 is 6.77. The van der Waals surface area contributed by atoms with Gasteiger partial charge in [0.15, 0.2) is 0 Å². The molecule has 28 heavy (non-hydrogen) atoms. The molecular weight excluding hydrogens is 360 g/mol. The van der Waals surface area contributed by atoms with Crippen LogP contribution in [0.25, 0.3) is 0 Å². The fraction of sp³-hybridized carbons (Fsp3) is 0.526. The topological polar surface area (TPSA) is 102 Å². The molecule has 3 rings (SSSR count). The van der Waals surface area contributed by atoms with E-state index in [1.165, 1.54) is 4.68 Å². The van der Waals surface area contributed by atoms with E-state index in [4.69, 9.17) is 4.74 Å². The molecule has 2 amide bonds. The number of aromatic nitrogens is 4. The number of ether oxygens (including phenoxy) is 1. The highest BCUT2D eigenvalue weighted by Crippen LogP contribution is 2.19. The van der Waals surface area contributed by atoms with Crippen molar-refractivity contribution >= 4 is 11.8 Å². The normalized spacial score (nSPS) is 14.7. The number of nitrogens with one attached hydrogen (secondary N) is 1. The van der Waals surface area contributed by atoms with E-state index in [0.29, 0.717) is 25.2 Å². The maximum Gasteiger partial charge on any atom is 0.245 e. The lowest BCUT2D eigenvalue weighted by Gasteiger charge is -2.19. The molecule has 0 radical (unpaired) electrons. The lowest BCUT2D eigenvalue weighted by molar-refractivity contribution is -0.130. The molecule has 1 aliphatic heterocycles. The van der Waals surface area contributed by atoms with Gasteiger partial charge in [0.05, 0.1) is 7.11 Å². The molecule has 9 nitrogen and oxygen atoms in total. The van der Waals surface area contributed by atoms with Gasteiger partial charge >= 0.3 is 0 Å². The molecule has 1 aromatic heterocycles. The lowest BCUT2D eigenvalue weighted by Crippen LogP contribution is -2.37. The van der Waals surface area contributed by atoms with Crippen LogP contribution in [0, 0.1) is 6.92 Å². The van der Waals surface area contributed by atoms with Crippen molar-refractivity contribution in [2.45, 2.75) is 38.6 Å². The minimum atomic E-state index is -0.607. The summed E-state index contributed by atoms with van der Waals surface area (Å²) in [5, 5.41) is 14.4. The Morgan fingerprint density at radius 2 is 2.07 bits per heavy atom. The molecule has 2 heterocycles. The van der Waals surface area contributed by atoms with E-state index in [1.807, 2.05) is 29.2 Å². The fourth-order valence-electron chi connectivity index (χ4n) is 3.37. The third kappa shape index (κ3) is 4.85. The van der Waals surface area contributed by atoms with Crippen molar-refractivity contribution < 1.29 is 14.3 Å². The molecule has 1 N–H and O–H groups in total. The molecule has 0 bridgehead atoms. The van der Waals surface area contributed by atoms with Crippen LogP contribution in [0.1, 0.15) is 36.7 Å². The average Bonchev–Trinajstić information content (AvgIpc) is 3.38. The van der Waals surface area contributed by atoms with Crippen LogP contribution in [0.4, 0.5) is 0 Å². The van der Waals surface area contributed by atoms with Crippen molar-refractivity contribution in [3.63, 3.8) is 0 Å². The summed E-state index contributed by atoms with van der Waals surface area (Å²) >= 11 is 0. The van der Waals surface area contributed by atoms with Gasteiger partial charge in [0, 0.05) is 32.5 Å². The van der Waals surface area contributed by atoms with Crippen molar-refractivity contribution in [3.8, 4) is 5.75 Å². The van der Waals surface area contributed by atoms with Crippen LogP contribution < -0.4 is 10.1 Å². The van der Waals surface area contributed by atoms with Crippen LogP contribution >= 0.6 is 0 Å². The van der Waals surface area contributed by atoms with Gasteiger partial charge in [0.1, 0.15) is 17.6 Å². The zero-order chi connectivity index (χ0) is 19.9. The molecule has 1 atom stereocenters. The van der Waals surface area contributed by atoms with Crippen molar-refractivity contribution in [1.82, 2.24) is 30.4 Å². The quantitative estimate of drug-likeness (QED) is 0.723. The Balaban J connectivity index is 1.65. The zero-order valence-corrected chi connectivity index (χ0v) is 16.3. The number of carbonyl (C=O) groups is 2. The Hall–Kier alpha value is -2.97. The monoisotopic (exact) mass is 386 g/mol. The first-order chi connectivity index (χ1) is 13.6. The second kappa shape index (κ2) is 9.29. The molecule has 1 aromatic carbocycles. The summed E-state index contributed by atoms with van der Waals surface area (Å²) in [4.78, 5) is 26.9. The highest BCUT2D eigenvalue weighted by molar-refractivity contribution is 5.82. The Labute approximate surface area is 164 Å². The van der Waals surface area contributed by atoms with Gasteiger partial charge in [-0.15, -0.1) is 5.10 Å². The first-order valence-electron chi connectivity index (χ1n) is 9.51. The summed E-state index contributed by atoms with van der Waals surface area (Å²) in [7, 11) is 1.60. The number of hydrogen-bond donors (Lipinski definition) is 1. The van der Waals surface area contributed by atoms with Crippen LogP contribution in [0.15, 0.2) is 24.3 Å². The lowest BCUT2D eigenvalue weighted by atomic mass is 10.0.